The van der Waals surface area contributed by atoms with Crippen LogP contribution in [0.15, 0.2) is 12.3 Å². The largest absolute Gasteiger partial charge is 0.514 e. The molecule has 1 saturated heterocycles. The summed E-state index contributed by atoms with van der Waals surface area (Å²) in [6.07, 6.45) is 3.92. The Morgan fingerprint density at radius 1 is 1.29 bits per heavy atom. The van der Waals surface area contributed by atoms with E-state index in [1.54, 1.807) is 12.3 Å². The predicted molar refractivity (Wildman–Crippen MR) is 78.3 cm³/mol. The van der Waals surface area contributed by atoms with Crippen molar-refractivity contribution in [2.24, 2.45) is 0 Å². The normalized spacial score (nSPS) is 22.9. The number of rotatable bonds is 3. The van der Waals surface area contributed by atoms with Gasteiger partial charge in [-0.3, -0.25) is 4.98 Å². The fraction of sp³-hybridized carbons (Fsp3) is 0.600. The van der Waals surface area contributed by atoms with Gasteiger partial charge in [0, 0.05) is 0 Å². The molecule has 2 fully saturated rings. The molecule has 110 valence electrons. The topological polar surface area (TPSA) is 64.4 Å². The molecule has 1 aromatic rings. The van der Waals surface area contributed by atoms with Crippen LogP contribution in [0, 0.1) is 11.3 Å². The summed E-state index contributed by atoms with van der Waals surface area (Å²) in [7, 11) is -0.558. The van der Waals surface area contributed by atoms with Crippen LogP contribution < -0.4 is 10.3 Å². The molecule has 21 heavy (non-hydrogen) atoms. The van der Waals surface area contributed by atoms with Crippen LogP contribution >= 0.6 is 0 Å². The van der Waals surface area contributed by atoms with E-state index in [2.05, 4.69) is 11.1 Å². The molecule has 2 aliphatic rings. The molecule has 0 unspecified atom stereocenters. The quantitative estimate of drug-likeness (QED) is 0.793. The maximum atomic E-state index is 9.28. The highest BCUT2D eigenvalue weighted by molar-refractivity contribution is 6.61. The van der Waals surface area contributed by atoms with E-state index in [9.17, 15) is 5.26 Å². The first-order chi connectivity index (χ1) is 9.82. The van der Waals surface area contributed by atoms with Crippen LogP contribution in [0.4, 0.5) is 0 Å². The minimum absolute atomic E-state index is 0.238. The van der Waals surface area contributed by atoms with Crippen molar-refractivity contribution in [3.63, 3.8) is 0 Å². The molecule has 0 amide bonds. The highest BCUT2D eigenvalue weighted by Crippen LogP contribution is 2.36. The van der Waals surface area contributed by atoms with Crippen molar-refractivity contribution in [3.8, 4) is 11.8 Å². The van der Waals surface area contributed by atoms with E-state index in [-0.39, 0.29) is 6.10 Å². The van der Waals surface area contributed by atoms with E-state index in [1.807, 2.05) is 27.7 Å². The number of nitriles is 1. The minimum Gasteiger partial charge on any atom is -0.487 e. The monoisotopic (exact) mass is 286 g/mol. The van der Waals surface area contributed by atoms with Gasteiger partial charge in [0.2, 0.25) is 0 Å². The van der Waals surface area contributed by atoms with Crippen LogP contribution in [0.2, 0.25) is 0 Å². The van der Waals surface area contributed by atoms with Crippen molar-refractivity contribution >= 4 is 12.7 Å². The molecule has 6 heteroatoms. The van der Waals surface area contributed by atoms with Crippen molar-refractivity contribution in [2.45, 2.75) is 57.8 Å². The second-order valence-electron chi connectivity index (χ2n) is 6.62. The third-order valence-electron chi connectivity index (χ3n) is 4.32. The maximum Gasteiger partial charge on any atom is 0.514 e. The molecule has 0 atom stereocenters. The molecule has 5 nitrogen and oxygen atoms in total. The smallest absolute Gasteiger partial charge is 0.487 e. The van der Waals surface area contributed by atoms with Crippen LogP contribution in [-0.2, 0) is 9.31 Å². The van der Waals surface area contributed by atoms with Gasteiger partial charge in [0.25, 0.3) is 0 Å². The SMILES string of the molecule is CC1(C)OB(c2cc(C#N)c(OC3CC3)cn2)OC1(C)C. The zero-order valence-corrected chi connectivity index (χ0v) is 12.8. The predicted octanol–water partition coefficient (Wildman–Crippen LogP) is 1.79. The van der Waals surface area contributed by atoms with Crippen LogP contribution in [0.1, 0.15) is 46.1 Å². The third-order valence-corrected chi connectivity index (χ3v) is 4.32. The highest BCUT2D eigenvalue weighted by Gasteiger charge is 2.52. The Labute approximate surface area is 125 Å². The first-order valence-electron chi connectivity index (χ1n) is 7.25. The van der Waals surface area contributed by atoms with Crippen molar-refractivity contribution in [1.29, 1.82) is 5.26 Å². The van der Waals surface area contributed by atoms with Gasteiger partial charge in [-0.2, -0.15) is 5.26 Å². The lowest BCUT2D eigenvalue weighted by atomic mass is 9.83. The Morgan fingerprint density at radius 3 is 2.43 bits per heavy atom. The number of aromatic nitrogens is 1. The minimum atomic E-state index is -0.558. The van der Waals surface area contributed by atoms with E-state index >= 15 is 0 Å². The molecule has 0 spiro atoms. The molecule has 0 bridgehead atoms. The summed E-state index contributed by atoms with van der Waals surface area (Å²) in [5.74, 6) is 0.542. The van der Waals surface area contributed by atoms with Gasteiger partial charge in [0.15, 0.2) is 5.75 Å². The molecule has 2 heterocycles. The Kier molecular flexibility index (Phi) is 3.23. The first-order valence-corrected chi connectivity index (χ1v) is 7.25. The summed E-state index contributed by atoms with van der Waals surface area (Å²) in [5.41, 5.74) is 0.236. The second-order valence-corrected chi connectivity index (χ2v) is 6.62. The van der Waals surface area contributed by atoms with Crippen LogP contribution in [0.3, 0.4) is 0 Å². The fourth-order valence-electron chi connectivity index (χ4n) is 2.10. The molecule has 1 aliphatic heterocycles. The van der Waals surface area contributed by atoms with Gasteiger partial charge < -0.3 is 14.0 Å². The van der Waals surface area contributed by atoms with E-state index in [1.165, 1.54) is 0 Å². The van der Waals surface area contributed by atoms with Crippen LogP contribution in [0.5, 0.6) is 5.75 Å². The van der Waals surface area contributed by atoms with Crippen molar-refractivity contribution in [1.82, 2.24) is 4.98 Å². The van der Waals surface area contributed by atoms with Crippen molar-refractivity contribution in [3.05, 3.63) is 17.8 Å². The van der Waals surface area contributed by atoms with Crippen molar-refractivity contribution < 1.29 is 14.0 Å². The van der Waals surface area contributed by atoms with E-state index < -0.39 is 18.3 Å². The average Bonchev–Trinajstić information content (AvgIpc) is 3.17. The Morgan fingerprint density at radius 2 is 1.90 bits per heavy atom. The van der Waals surface area contributed by atoms with E-state index in [4.69, 9.17) is 14.0 Å². The molecule has 0 N–H and O–H groups in total. The Balaban J connectivity index is 1.85. The number of hydrogen-bond acceptors (Lipinski definition) is 5. The Hall–Kier alpha value is -1.58. The number of ether oxygens (including phenoxy) is 1. The lowest BCUT2D eigenvalue weighted by Crippen LogP contribution is -2.41. The molecular formula is C15H19BN2O3. The maximum absolute atomic E-state index is 9.28. The molecule has 3 rings (SSSR count). The Bertz CT molecular complexity index is 589. The zero-order chi connectivity index (χ0) is 15.3. The summed E-state index contributed by atoms with van der Waals surface area (Å²) in [6.45, 7) is 7.96. The molecule has 1 aliphatic carbocycles. The number of pyridine rings is 1. The van der Waals surface area contributed by atoms with Gasteiger partial charge in [0.1, 0.15) is 6.07 Å². The molecule has 0 radical (unpaired) electrons. The first kappa shape index (κ1) is 14.4. The van der Waals surface area contributed by atoms with Gasteiger partial charge in [0.05, 0.1) is 34.7 Å². The van der Waals surface area contributed by atoms with Crippen LogP contribution in [-0.4, -0.2) is 29.4 Å². The summed E-state index contributed by atoms with van der Waals surface area (Å²) >= 11 is 0. The van der Waals surface area contributed by atoms with Gasteiger partial charge in [-0.1, -0.05) is 0 Å². The van der Waals surface area contributed by atoms with Gasteiger partial charge in [-0.25, -0.2) is 0 Å². The second kappa shape index (κ2) is 4.72. The molecule has 0 aromatic carbocycles. The third kappa shape index (κ3) is 2.64. The molecule has 1 aromatic heterocycles. The van der Waals surface area contributed by atoms with E-state index in [0.717, 1.165) is 12.8 Å². The van der Waals surface area contributed by atoms with Gasteiger partial charge in [-0.15, -0.1) is 0 Å². The van der Waals surface area contributed by atoms with Crippen molar-refractivity contribution in [2.75, 3.05) is 0 Å². The van der Waals surface area contributed by atoms with Gasteiger partial charge >= 0.3 is 7.12 Å². The lowest BCUT2D eigenvalue weighted by molar-refractivity contribution is 0.00578. The summed E-state index contributed by atoms with van der Waals surface area (Å²) in [4.78, 5) is 4.36. The zero-order valence-electron chi connectivity index (χ0n) is 12.8. The summed E-state index contributed by atoms with van der Waals surface area (Å²) < 4.78 is 17.6. The fourth-order valence-corrected chi connectivity index (χ4v) is 2.10. The van der Waals surface area contributed by atoms with E-state index in [0.29, 0.717) is 16.9 Å². The standard InChI is InChI=1S/C15H19BN2O3/c1-14(2)15(3,4)21-16(20-14)13-7-10(8-17)12(9-18-13)19-11-5-6-11/h7,9,11H,5-6H2,1-4H3. The number of nitrogens with zero attached hydrogens (tertiary/aromatic N) is 2. The average molecular weight is 286 g/mol. The highest BCUT2D eigenvalue weighted by atomic mass is 16.7. The summed E-state index contributed by atoms with van der Waals surface area (Å²) in [6, 6.07) is 3.85. The summed E-state index contributed by atoms with van der Waals surface area (Å²) in [5, 5.41) is 9.28. The number of hydrogen-bond donors (Lipinski definition) is 0. The molecule has 1 saturated carbocycles. The molecular weight excluding hydrogens is 267 g/mol. The van der Waals surface area contributed by atoms with Crippen LogP contribution in [0.25, 0.3) is 0 Å². The lowest BCUT2D eigenvalue weighted by Gasteiger charge is -2.32. The van der Waals surface area contributed by atoms with Gasteiger partial charge in [-0.05, 0) is 46.6 Å².